The van der Waals surface area contributed by atoms with Crippen LogP contribution in [0.15, 0.2) is 6.07 Å². The zero-order chi connectivity index (χ0) is 10.7. The van der Waals surface area contributed by atoms with E-state index >= 15 is 0 Å². The van der Waals surface area contributed by atoms with Crippen LogP contribution in [0.1, 0.15) is 28.9 Å². The molecule has 0 atom stereocenters. The number of aryl methyl sites for hydroxylation is 1. The third kappa shape index (κ3) is 1.99. The largest absolute Gasteiger partial charge is 0.265 e. The molecule has 0 saturated carbocycles. The lowest BCUT2D eigenvalue weighted by molar-refractivity contribution is 0.150. The van der Waals surface area contributed by atoms with E-state index in [1.54, 1.807) is 13.0 Å². The first-order chi connectivity index (χ1) is 6.60. The molecule has 1 aromatic rings. The molecule has 0 aliphatic heterocycles. The van der Waals surface area contributed by atoms with Crippen LogP contribution >= 0.6 is 11.6 Å². The van der Waals surface area contributed by atoms with E-state index in [0.29, 0.717) is 5.69 Å². The van der Waals surface area contributed by atoms with Crippen molar-refractivity contribution < 1.29 is 8.78 Å². The molecule has 0 aliphatic carbocycles. The van der Waals surface area contributed by atoms with Gasteiger partial charge in [0.1, 0.15) is 6.07 Å². The molecule has 0 aliphatic rings. The van der Waals surface area contributed by atoms with Crippen molar-refractivity contribution in [1.82, 2.24) is 4.98 Å². The molecule has 14 heavy (non-hydrogen) atoms. The monoisotopic (exact) mass is 216 g/mol. The van der Waals surface area contributed by atoms with Crippen LogP contribution in [0.2, 0.25) is 0 Å². The van der Waals surface area contributed by atoms with Crippen molar-refractivity contribution in [2.75, 3.05) is 0 Å². The summed E-state index contributed by atoms with van der Waals surface area (Å²) in [4.78, 5) is 3.92. The topological polar surface area (TPSA) is 36.7 Å². The Bertz CT molecular complexity index is 385. The van der Waals surface area contributed by atoms with Crippen LogP contribution in [-0.4, -0.2) is 4.98 Å². The molecule has 0 bridgehead atoms. The molecule has 0 saturated heterocycles. The first-order valence-electron chi connectivity index (χ1n) is 3.84. The summed E-state index contributed by atoms with van der Waals surface area (Å²) in [6.45, 7) is 1.59. The maximum atomic E-state index is 12.5. The second kappa shape index (κ2) is 4.34. The molecule has 0 aromatic carbocycles. The van der Waals surface area contributed by atoms with Gasteiger partial charge >= 0.3 is 0 Å². The molecular weight excluding hydrogens is 210 g/mol. The number of rotatable bonds is 2. The molecule has 1 rings (SSSR count). The third-order valence-electron chi connectivity index (χ3n) is 1.73. The standard InChI is InChI=1S/C9H7ClF2N2/c1-5-2-6(9(11)12)7(4-13)8(3-10)14-5/h2,9H,3H2,1H3. The van der Waals surface area contributed by atoms with Crippen LogP contribution in [0, 0.1) is 18.3 Å². The number of nitrogens with zero attached hydrogens (tertiary/aromatic N) is 2. The minimum absolute atomic E-state index is 0.0374. The van der Waals surface area contributed by atoms with E-state index in [9.17, 15) is 8.78 Å². The summed E-state index contributed by atoms with van der Waals surface area (Å²) in [6, 6.07) is 2.90. The molecule has 0 N–H and O–H groups in total. The smallest absolute Gasteiger partial charge is 0.255 e. The van der Waals surface area contributed by atoms with Crippen LogP contribution in [-0.2, 0) is 5.88 Å². The number of nitriles is 1. The van der Waals surface area contributed by atoms with E-state index in [1.807, 2.05) is 0 Å². The number of hydrogen-bond donors (Lipinski definition) is 0. The maximum absolute atomic E-state index is 12.5. The highest BCUT2D eigenvalue weighted by Crippen LogP contribution is 2.25. The molecular formula is C9H7ClF2N2. The van der Waals surface area contributed by atoms with Gasteiger partial charge in [-0.1, -0.05) is 0 Å². The Morgan fingerprint density at radius 2 is 2.29 bits per heavy atom. The van der Waals surface area contributed by atoms with E-state index in [0.717, 1.165) is 0 Å². The van der Waals surface area contributed by atoms with E-state index in [-0.39, 0.29) is 22.7 Å². The van der Waals surface area contributed by atoms with Gasteiger partial charge in [0.15, 0.2) is 0 Å². The molecule has 0 unspecified atom stereocenters. The number of alkyl halides is 3. The summed E-state index contributed by atoms with van der Waals surface area (Å²) in [5, 5.41) is 8.69. The van der Waals surface area contributed by atoms with Gasteiger partial charge in [0.2, 0.25) is 0 Å². The number of halogens is 3. The molecule has 0 radical (unpaired) electrons. The summed E-state index contributed by atoms with van der Waals surface area (Å²) in [5.41, 5.74) is 0.246. The average molecular weight is 217 g/mol. The van der Waals surface area contributed by atoms with Gasteiger partial charge < -0.3 is 0 Å². The molecule has 74 valence electrons. The quantitative estimate of drug-likeness (QED) is 0.713. The predicted molar refractivity (Wildman–Crippen MR) is 48.2 cm³/mol. The summed E-state index contributed by atoms with van der Waals surface area (Å²) in [6.07, 6.45) is -2.67. The summed E-state index contributed by atoms with van der Waals surface area (Å²) >= 11 is 5.50. The first kappa shape index (κ1) is 10.9. The van der Waals surface area contributed by atoms with E-state index in [1.165, 1.54) is 6.07 Å². The zero-order valence-corrected chi connectivity index (χ0v) is 8.15. The van der Waals surface area contributed by atoms with Gasteiger partial charge in [-0.2, -0.15) is 5.26 Å². The maximum Gasteiger partial charge on any atom is 0.265 e. The molecule has 0 spiro atoms. The van der Waals surface area contributed by atoms with Crippen molar-refractivity contribution in [2.24, 2.45) is 0 Å². The van der Waals surface area contributed by atoms with Gasteiger partial charge in [0.05, 0.1) is 17.1 Å². The molecule has 1 aromatic heterocycles. The Labute approximate surface area is 85.1 Å². The lowest BCUT2D eigenvalue weighted by Crippen LogP contribution is -2.01. The second-order valence-electron chi connectivity index (χ2n) is 2.72. The highest BCUT2D eigenvalue weighted by atomic mass is 35.5. The lowest BCUT2D eigenvalue weighted by Gasteiger charge is -2.07. The van der Waals surface area contributed by atoms with Crippen LogP contribution < -0.4 is 0 Å². The summed E-state index contributed by atoms with van der Waals surface area (Å²) < 4.78 is 25.0. The van der Waals surface area contributed by atoms with Crippen LogP contribution in [0.25, 0.3) is 0 Å². The highest BCUT2D eigenvalue weighted by Gasteiger charge is 2.17. The fraction of sp³-hybridized carbons (Fsp3) is 0.333. The van der Waals surface area contributed by atoms with Crippen molar-refractivity contribution in [1.29, 1.82) is 5.26 Å². The van der Waals surface area contributed by atoms with Gasteiger partial charge in [-0.3, -0.25) is 4.98 Å². The molecule has 2 nitrogen and oxygen atoms in total. The van der Waals surface area contributed by atoms with Gasteiger partial charge in [-0.25, -0.2) is 8.78 Å². The normalized spacial score (nSPS) is 10.3. The molecule has 1 heterocycles. The predicted octanol–water partition coefficient (Wildman–Crippen LogP) is 2.94. The Morgan fingerprint density at radius 3 is 2.71 bits per heavy atom. The fourth-order valence-corrected chi connectivity index (χ4v) is 1.36. The average Bonchev–Trinajstić information content (AvgIpc) is 2.16. The number of hydrogen-bond acceptors (Lipinski definition) is 2. The Morgan fingerprint density at radius 1 is 1.64 bits per heavy atom. The first-order valence-corrected chi connectivity index (χ1v) is 4.38. The van der Waals surface area contributed by atoms with Crippen molar-refractivity contribution in [3.63, 3.8) is 0 Å². The SMILES string of the molecule is Cc1cc(C(F)F)c(C#N)c(CCl)n1. The van der Waals surface area contributed by atoms with Gasteiger partial charge in [0.25, 0.3) is 6.43 Å². The molecule has 0 fully saturated rings. The van der Waals surface area contributed by atoms with Gasteiger partial charge in [-0.05, 0) is 13.0 Å². The van der Waals surface area contributed by atoms with Crippen molar-refractivity contribution in [2.45, 2.75) is 19.2 Å². The highest BCUT2D eigenvalue weighted by molar-refractivity contribution is 6.17. The second-order valence-corrected chi connectivity index (χ2v) is 2.99. The number of aromatic nitrogens is 1. The minimum atomic E-state index is -2.67. The Hall–Kier alpha value is -1.21. The lowest BCUT2D eigenvalue weighted by atomic mass is 10.1. The van der Waals surface area contributed by atoms with E-state index < -0.39 is 6.43 Å². The molecule has 0 amide bonds. The Balaban J connectivity index is 3.41. The number of pyridine rings is 1. The Kier molecular flexibility index (Phi) is 3.37. The van der Waals surface area contributed by atoms with E-state index in [2.05, 4.69) is 4.98 Å². The third-order valence-corrected chi connectivity index (χ3v) is 1.98. The molecule has 5 heteroatoms. The van der Waals surface area contributed by atoms with Crippen LogP contribution in [0.5, 0.6) is 0 Å². The zero-order valence-electron chi connectivity index (χ0n) is 7.39. The van der Waals surface area contributed by atoms with Crippen LogP contribution in [0.3, 0.4) is 0 Å². The minimum Gasteiger partial charge on any atom is -0.255 e. The summed E-state index contributed by atoms with van der Waals surface area (Å²) in [7, 11) is 0. The van der Waals surface area contributed by atoms with Crippen molar-refractivity contribution >= 4 is 11.6 Å². The fourth-order valence-electron chi connectivity index (χ4n) is 1.16. The van der Waals surface area contributed by atoms with E-state index in [4.69, 9.17) is 16.9 Å². The summed E-state index contributed by atoms with van der Waals surface area (Å²) in [5.74, 6) is -0.0374. The van der Waals surface area contributed by atoms with Gasteiger partial charge in [0, 0.05) is 11.3 Å². The van der Waals surface area contributed by atoms with Crippen molar-refractivity contribution in [3.05, 3.63) is 28.6 Å². The van der Waals surface area contributed by atoms with Crippen LogP contribution in [0.4, 0.5) is 8.78 Å². The van der Waals surface area contributed by atoms with Crippen molar-refractivity contribution in [3.8, 4) is 6.07 Å². The van der Waals surface area contributed by atoms with Gasteiger partial charge in [-0.15, -0.1) is 11.6 Å².